The van der Waals surface area contributed by atoms with Crippen LogP contribution in [0, 0.1) is 17.5 Å². The molecule has 1 aliphatic heterocycles. The minimum absolute atomic E-state index is 0.0371. The smallest absolute Gasteiger partial charge is 0.416 e. The van der Waals surface area contributed by atoms with E-state index < -0.39 is 64.9 Å². The average molecular weight is 569 g/mol. The number of anilines is 1. The highest BCUT2D eigenvalue weighted by Crippen LogP contribution is 2.39. The molecule has 0 spiro atoms. The monoisotopic (exact) mass is 568 g/mol. The minimum Gasteiger partial charge on any atom is -0.466 e. The number of nitrogens with zero attached hydrogens (tertiary/aromatic N) is 1. The average Bonchev–Trinajstić information content (AvgIpc) is 3.07. The van der Waals surface area contributed by atoms with E-state index in [0.717, 1.165) is 24.1 Å². The third-order valence-corrected chi connectivity index (χ3v) is 5.39. The van der Waals surface area contributed by atoms with Crippen LogP contribution >= 0.6 is 15.9 Å². The first-order chi connectivity index (χ1) is 16.4. The number of carbonyl (C=O) groups is 2. The van der Waals surface area contributed by atoms with Crippen LogP contribution in [0.25, 0.3) is 0 Å². The molecule has 0 unspecified atom stereocenters. The lowest BCUT2D eigenvalue weighted by Crippen LogP contribution is -2.31. The fraction of sp³-hybridized carbons (Fsp3) is 0.238. The molecule has 0 radical (unpaired) electrons. The zero-order valence-corrected chi connectivity index (χ0v) is 19.2. The molecular formula is C21H15BrF6N2O5. The summed E-state index contributed by atoms with van der Waals surface area (Å²) in [5.41, 5.74) is -2.58. The summed E-state index contributed by atoms with van der Waals surface area (Å²) in [4.78, 5) is 25.8. The molecule has 35 heavy (non-hydrogen) atoms. The summed E-state index contributed by atoms with van der Waals surface area (Å²) >= 11 is 2.93. The van der Waals surface area contributed by atoms with Gasteiger partial charge in [-0.05, 0) is 34.1 Å². The number of hydrogen-bond acceptors (Lipinski definition) is 6. The fourth-order valence-corrected chi connectivity index (χ4v) is 3.51. The summed E-state index contributed by atoms with van der Waals surface area (Å²) in [5.74, 6) is -7.58. The predicted molar refractivity (Wildman–Crippen MR) is 112 cm³/mol. The van der Waals surface area contributed by atoms with Gasteiger partial charge < -0.3 is 24.8 Å². The molecule has 14 heteroatoms. The molecule has 0 fully saturated rings. The van der Waals surface area contributed by atoms with E-state index in [1.54, 1.807) is 0 Å². The molecule has 0 saturated heterocycles. The lowest BCUT2D eigenvalue weighted by molar-refractivity contribution is -0.138. The number of aliphatic hydroxyl groups excluding tert-OH is 1. The standard InChI is InChI=1S/C21H15BrF6N2O5/c1-34-20(33)10-8-30(2-3-31)19(32)17(10)29-15-7-16(11(22)6-12(15)23)35-18-13(24)4-9(5-14(18)25)21(26,27)28/h4-7,29,31H,2-3,8H2,1H3. The molecule has 2 aromatic carbocycles. The van der Waals surface area contributed by atoms with Crippen molar-refractivity contribution in [3.05, 3.63) is 63.0 Å². The second-order valence-corrected chi connectivity index (χ2v) is 7.91. The van der Waals surface area contributed by atoms with Crippen LogP contribution in [0.15, 0.2) is 40.0 Å². The highest BCUT2D eigenvalue weighted by molar-refractivity contribution is 9.10. The minimum atomic E-state index is -5.00. The Morgan fingerprint density at radius 1 is 1.14 bits per heavy atom. The SMILES string of the molecule is COC(=O)C1=C(Nc2cc(Oc3c(F)cc(C(F)(F)F)cc3F)c(Br)cc2F)C(=O)N(CCO)C1. The van der Waals surface area contributed by atoms with Gasteiger partial charge in [-0.1, -0.05) is 0 Å². The van der Waals surface area contributed by atoms with Gasteiger partial charge in [0.1, 0.15) is 17.3 Å². The molecule has 0 saturated carbocycles. The van der Waals surface area contributed by atoms with Crippen molar-refractivity contribution in [1.29, 1.82) is 0 Å². The number of aliphatic hydroxyl groups is 1. The summed E-state index contributed by atoms with van der Waals surface area (Å²) < 4.78 is 90.9. The van der Waals surface area contributed by atoms with E-state index in [0.29, 0.717) is 0 Å². The van der Waals surface area contributed by atoms with Gasteiger partial charge in [0.05, 0.1) is 41.6 Å². The zero-order chi connectivity index (χ0) is 26.1. The molecule has 188 valence electrons. The molecule has 1 amide bonds. The number of carbonyl (C=O) groups excluding carboxylic acids is 2. The Balaban J connectivity index is 1.98. The second kappa shape index (κ2) is 10.2. The predicted octanol–water partition coefficient (Wildman–Crippen LogP) is 4.35. The van der Waals surface area contributed by atoms with E-state index in [2.05, 4.69) is 26.0 Å². The van der Waals surface area contributed by atoms with Gasteiger partial charge in [0.15, 0.2) is 17.4 Å². The number of methoxy groups -OCH3 is 1. The van der Waals surface area contributed by atoms with Crippen molar-refractivity contribution < 1.29 is 50.5 Å². The lowest BCUT2D eigenvalue weighted by atomic mass is 10.2. The van der Waals surface area contributed by atoms with Crippen LogP contribution in [0.3, 0.4) is 0 Å². The van der Waals surface area contributed by atoms with E-state index in [1.165, 1.54) is 0 Å². The molecule has 0 bridgehead atoms. The summed E-state index contributed by atoms with van der Waals surface area (Å²) in [7, 11) is 1.06. The number of hydrogen-bond donors (Lipinski definition) is 2. The highest BCUT2D eigenvalue weighted by atomic mass is 79.9. The van der Waals surface area contributed by atoms with E-state index in [1.807, 2.05) is 0 Å². The van der Waals surface area contributed by atoms with Crippen LogP contribution in [0.2, 0.25) is 0 Å². The van der Waals surface area contributed by atoms with Gasteiger partial charge in [0.2, 0.25) is 0 Å². The fourth-order valence-electron chi connectivity index (χ4n) is 3.12. The third-order valence-electron chi connectivity index (χ3n) is 4.77. The largest absolute Gasteiger partial charge is 0.466 e. The van der Waals surface area contributed by atoms with Crippen molar-refractivity contribution in [3.63, 3.8) is 0 Å². The molecule has 1 aliphatic rings. The van der Waals surface area contributed by atoms with Crippen molar-refractivity contribution in [2.24, 2.45) is 0 Å². The molecule has 3 rings (SSSR count). The Hall–Kier alpha value is -3.26. The quantitative estimate of drug-likeness (QED) is 0.381. The number of β-amino-alcohol motifs (C(OH)–C–C–N with tert-alkyl or cyclic N) is 1. The number of alkyl halides is 3. The zero-order valence-electron chi connectivity index (χ0n) is 17.6. The second-order valence-electron chi connectivity index (χ2n) is 7.05. The number of nitrogens with one attached hydrogen (secondary N) is 1. The van der Waals surface area contributed by atoms with Gasteiger partial charge in [-0.25, -0.2) is 18.0 Å². The van der Waals surface area contributed by atoms with Crippen molar-refractivity contribution in [2.75, 3.05) is 32.1 Å². The summed E-state index contributed by atoms with van der Waals surface area (Å²) in [5, 5.41) is 11.5. The number of ether oxygens (including phenoxy) is 2. The molecule has 2 N–H and O–H groups in total. The van der Waals surface area contributed by atoms with Gasteiger partial charge in [-0.15, -0.1) is 0 Å². The van der Waals surface area contributed by atoms with Gasteiger partial charge >= 0.3 is 12.1 Å². The van der Waals surface area contributed by atoms with Crippen molar-refractivity contribution in [2.45, 2.75) is 6.18 Å². The maximum absolute atomic E-state index is 14.6. The molecular weight excluding hydrogens is 554 g/mol. The first kappa shape index (κ1) is 26.3. The first-order valence-electron chi connectivity index (χ1n) is 9.59. The Kier molecular flexibility index (Phi) is 7.65. The van der Waals surface area contributed by atoms with Gasteiger partial charge in [-0.3, -0.25) is 4.79 Å². The highest BCUT2D eigenvalue weighted by Gasteiger charge is 2.35. The van der Waals surface area contributed by atoms with E-state index in [4.69, 9.17) is 9.84 Å². The van der Waals surface area contributed by atoms with E-state index >= 15 is 0 Å². The van der Waals surface area contributed by atoms with Crippen LogP contribution in [-0.4, -0.2) is 48.7 Å². The maximum Gasteiger partial charge on any atom is 0.416 e. The van der Waals surface area contributed by atoms with Gasteiger partial charge in [0, 0.05) is 12.6 Å². The summed E-state index contributed by atoms with van der Waals surface area (Å²) in [6, 6.07) is 1.76. The first-order valence-corrected chi connectivity index (χ1v) is 10.4. The van der Waals surface area contributed by atoms with Crippen molar-refractivity contribution >= 4 is 33.5 Å². The van der Waals surface area contributed by atoms with Gasteiger partial charge in [-0.2, -0.15) is 13.2 Å². The number of amides is 1. The Bertz CT molecular complexity index is 1190. The van der Waals surface area contributed by atoms with Crippen LogP contribution < -0.4 is 10.1 Å². The maximum atomic E-state index is 14.6. The topological polar surface area (TPSA) is 88.1 Å². The molecule has 0 aliphatic carbocycles. The number of halogens is 7. The molecule has 0 atom stereocenters. The van der Waals surface area contributed by atoms with Gasteiger partial charge in [0.25, 0.3) is 5.91 Å². The normalized spacial score (nSPS) is 14.0. The number of benzene rings is 2. The van der Waals surface area contributed by atoms with E-state index in [-0.39, 0.29) is 41.0 Å². The van der Waals surface area contributed by atoms with Crippen molar-refractivity contribution in [3.8, 4) is 11.5 Å². The molecule has 7 nitrogen and oxygen atoms in total. The van der Waals surface area contributed by atoms with Crippen LogP contribution in [0.5, 0.6) is 11.5 Å². The van der Waals surface area contributed by atoms with Crippen LogP contribution in [0.1, 0.15) is 5.56 Å². The summed E-state index contributed by atoms with van der Waals surface area (Å²) in [6.45, 7) is -0.783. The summed E-state index contributed by atoms with van der Waals surface area (Å²) in [6.07, 6.45) is -5.00. The Morgan fingerprint density at radius 2 is 1.77 bits per heavy atom. The van der Waals surface area contributed by atoms with Crippen LogP contribution in [-0.2, 0) is 20.5 Å². The van der Waals surface area contributed by atoms with Crippen molar-refractivity contribution in [1.82, 2.24) is 4.90 Å². The molecule has 0 aromatic heterocycles. The number of rotatable bonds is 7. The number of esters is 1. The van der Waals surface area contributed by atoms with Crippen LogP contribution in [0.4, 0.5) is 32.0 Å². The third kappa shape index (κ3) is 5.53. The van der Waals surface area contributed by atoms with E-state index in [9.17, 15) is 35.9 Å². The lowest BCUT2D eigenvalue weighted by Gasteiger charge is -2.16. The Morgan fingerprint density at radius 3 is 2.31 bits per heavy atom. The molecule has 1 heterocycles. The molecule has 2 aromatic rings. The Labute approximate surface area is 202 Å².